The number of anilines is 1. The van der Waals surface area contributed by atoms with Gasteiger partial charge in [0.25, 0.3) is 0 Å². The van der Waals surface area contributed by atoms with E-state index >= 15 is 0 Å². The Morgan fingerprint density at radius 1 is 1.46 bits per heavy atom. The first-order valence-corrected chi connectivity index (χ1v) is 4.83. The molecule has 0 spiro atoms. The van der Waals surface area contributed by atoms with Crippen LogP contribution in [0.3, 0.4) is 0 Å². The van der Waals surface area contributed by atoms with Crippen molar-refractivity contribution in [1.29, 1.82) is 0 Å². The molecule has 0 aliphatic rings. The van der Waals surface area contributed by atoms with Crippen LogP contribution >= 0.6 is 0 Å². The topological polar surface area (TPSA) is 12.0 Å². The van der Waals surface area contributed by atoms with Crippen LogP contribution in [0.15, 0.2) is 30.8 Å². The molecule has 0 fully saturated rings. The quantitative estimate of drug-likeness (QED) is 0.675. The van der Waals surface area contributed by atoms with Crippen LogP contribution in [0.5, 0.6) is 0 Å². The molecule has 0 bridgehead atoms. The molecule has 0 unspecified atom stereocenters. The van der Waals surface area contributed by atoms with Crippen LogP contribution in [0.25, 0.3) is 6.08 Å². The largest absolute Gasteiger partial charge is 0.385 e. The summed E-state index contributed by atoms with van der Waals surface area (Å²) in [5.74, 6) is 0. The van der Waals surface area contributed by atoms with Crippen molar-refractivity contribution >= 4 is 11.8 Å². The van der Waals surface area contributed by atoms with Gasteiger partial charge in [0.1, 0.15) is 0 Å². The van der Waals surface area contributed by atoms with E-state index in [4.69, 9.17) is 0 Å². The molecule has 0 saturated carbocycles. The molecule has 0 amide bonds. The van der Waals surface area contributed by atoms with Crippen molar-refractivity contribution in [3.05, 3.63) is 36.4 Å². The molecule has 0 saturated heterocycles. The zero-order valence-electron chi connectivity index (χ0n) is 8.22. The number of rotatable bonds is 5. The fourth-order valence-electron chi connectivity index (χ4n) is 1.19. The van der Waals surface area contributed by atoms with Gasteiger partial charge in [-0.15, -0.1) is 0 Å². The Morgan fingerprint density at radius 3 is 3.00 bits per heavy atom. The van der Waals surface area contributed by atoms with E-state index in [1.165, 1.54) is 24.1 Å². The van der Waals surface area contributed by atoms with Gasteiger partial charge >= 0.3 is 0 Å². The number of hydrogen-bond acceptors (Lipinski definition) is 1. The van der Waals surface area contributed by atoms with E-state index in [0.29, 0.717) is 0 Å². The molecule has 1 aromatic carbocycles. The molecule has 0 atom stereocenters. The summed E-state index contributed by atoms with van der Waals surface area (Å²) in [4.78, 5) is 0. The minimum absolute atomic E-state index is 1.05. The van der Waals surface area contributed by atoms with E-state index in [9.17, 15) is 0 Å². The van der Waals surface area contributed by atoms with Gasteiger partial charge in [-0.25, -0.2) is 0 Å². The second-order valence-electron chi connectivity index (χ2n) is 3.11. The van der Waals surface area contributed by atoms with Gasteiger partial charge in [-0.05, 0) is 24.1 Å². The molecule has 0 aliphatic carbocycles. The lowest BCUT2D eigenvalue weighted by Crippen LogP contribution is -2.00. The molecule has 0 aromatic heterocycles. The lowest BCUT2D eigenvalue weighted by atomic mass is 10.2. The maximum Gasteiger partial charge on any atom is 0.0346 e. The Kier molecular flexibility index (Phi) is 4.10. The highest BCUT2D eigenvalue weighted by molar-refractivity contribution is 5.55. The van der Waals surface area contributed by atoms with Gasteiger partial charge < -0.3 is 5.32 Å². The number of nitrogens with one attached hydrogen (secondary N) is 1. The van der Waals surface area contributed by atoms with E-state index in [1.54, 1.807) is 0 Å². The highest BCUT2D eigenvalue weighted by Gasteiger charge is 1.91. The molecule has 0 aliphatic heterocycles. The van der Waals surface area contributed by atoms with E-state index < -0.39 is 0 Å². The summed E-state index contributed by atoms with van der Waals surface area (Å²) in [7, 11) is 0. The van der Waals surface area contributed by atoms with Crippen molar-refractivity contribution in [3.8, 4) is 0 Å². The van der Waals surface area contributed by atoms with Gasteiger partial charge in [-0.3, -0.25) is 0 Å². The molecule has 1 N–H and O–H groups in total. The second-order valence-corrected chi connectivity index (χ2v) is 3.11. The van der Waals surface area contributed by atoms with Crippen LogP contribution in [0.1, 0.15) is 25.3 Å². The van der Waals surface area contributed by atoms with Crippen molar-refractivity contribution in [3.63, 3.8) is 0 Å². The monoisotopic (exact) mass is 175 g/mol. The molecular weight excluding hydrogens is 158 g/mol. The molecule has 0 heterocycles. The smallest absolute Gasteiger partial charge is 0.0346 e. The third-order valence-corrected chi connectivity index (χ3v) is 1.98. The first kappa shape index (κ1) is 9.85. The minimum atomic E-state index is 1.05. The van der Waals surface area contributed by atoms with Crippen LogP contribution in [0, 0.1) is 0 Å². The highest BCUT2D eigenvalue weighted by atomic mass is 14.9. The lowest BCUT2D eigenvalue weighted by molar-refractivity contribution is 0.834. The van der Waals surface area contributed by atoms with Crippen molar-refractivity contribution in [2.24, 2.45) is 0 Å². The number of hydrogen-bond donors (Lipinski definition) is 1. The van der Waals surface area contributed by atoms with Crippen LogP contribution in [-0.2, 0) is 0 Å². The van der Waals surface area contributed by atoms with Gasteiger partial charge in [-0.1, -0.05) is 38.1 Å². The minimum Gasteiger partial charge on any atom is -0.385 e. The van der Waals surface area contributed by atoms with E-state index in [-0.39, 0.29) is 0 Å². The van der Waals surface area contributed by atoms with Crippen LogP contribution in [0.2, 0.25) is 0 Å². The summed E-state index contributed by atoms with van der Waals surface area (Å²) in [6.07, 6.45) is 4.32. The first-order valence-electron chi connectivity index (χ1n) is 4.83. The van der Waals surface area contributed by atoms with Gasteiger partial charge in [0.2, 0.25) is 0 Å². The summed E-state index contributed by atoms with van der Waals surface area (Å²) in [6, 6.07) is 8.30. The average Bonchev–Trinajstić information content (AvgIpc) is 2.19. The Balaban J connectivity index is 2.51. The van der Waals surface area contributed by atoms with Crippen molar-refractivity contribution in [2.45, 2.75) is 19.8 Å². The van der Waals surface area contributed by atoms with Crippen LogP contribution in [-0.4, -0.2) is 6.54 Å². The van der Waals surface area contributed by atoms with Crippen molar-refractivity contribution in [2.75, 3.05) is 11.9 Å². The second kappa shape index (κ2) is 5.41. The van der Waals surface area contributed by atoms with E-state index in [2.05, 4.69) is 37.0 Å². The van der Waals surface area contributed by atoms with Crippen LogP contribution < -0.4 is 5.32 Å². The molecule has 0 radical (unpaired) electrons. The molecule has 1 heteroatoms. The Hall–Kier alpha value is -1.24. The predicted molar refractivity (Wildman–Crippen MR) is 59.9 cm³/mol. The third kappa shape index (κ3) is 3.32. The van der Waals surface area contributed by atoms with Gasteiger partial charge in [0, 0.05) is 12.2 Å². The SMILES string of the molecule is C=Cc1cccc(NCCCC)c1. The van der Waals surface area contributed by atoms with Crippen molar-refractivity contribution in [1.82, 2.24) is 0 Å². The zero-order valence-corrected chi connectivity index (χ0v) is 8.22. The maximum absolute atomic E-state index is 3.74. The highest BCUT2D eigenvalue weighted by Crippen LogP contribution is 2.11. The Labute approximate surface area is 80.5 Å². The molecule has 13 heavy (non-hydrogen) atoms. The summed E-state index contributed by atoms with van der Waals surface area (Å²) >= 11 is 0. The lowest BCUT2D eigenvalue weighted by Gasteiger charge is -2.05. The van der Waals surface area contributed by atoms with Crippen molar-refractivity contribution < 1.29 is 0 Å². The third-order valence-electron chi connectivity index (χ3n) is 1.98. The number of benzene rings is 1. The fraction of sp³-hybridized carbons (Fsp3) is 0.333. The molecule has 1 nitrogen and oxygen atoms in total. The van der Waals surface area contributed by atoms with Crippen LogP contribution in [0.4, 0.5) is 5.69 Å². The van der Waals surface area contributed by atoms with Gasteiger partial charge in [0.05, 0.1) is 0 Å². The predicted octanol–water partition coefficient (Wildman–Crippen LogP) is 3.54. The number of unbranched alkanes of at least 4 members (excludes halogenated alkanes) is 1. The van der Waals surface area contributed by atoms with E-state index in [1.807, 2.05) is 12.1 Å². The summed E-state index contributed by atoms with van der Waals surface area (Å²) in [5, 5.41) is 3.37. The molecule has 1 aromatic rings. The molecular formula is C12H17N. The standard InChI is InChI=1S/C12H17N/c1-3-5-9-13-12-8-6-7-11(4-2)10-12/h4,6-8,10,13H,2-3,5,9H2,1H3. The zero-order chi connectivity index (χ0) is 9.52. The molecule has 1 rings (SSSR count). The first-order chi connectivity index (χ1) is 6.36. The van der Waals surface area contributed by atoms with E-state index in [0.717, 1.165) is 6.54 Å². The average molecular weight is 175 g/mol. The fourth-order valence-corrected chi connectivity index (χ4v) is 1.19. The van der Waals surface area contributed by atoms with Gasteiger partial charge in [-0.2, -0.15) is 0 Å². The summed E-state index contributed by atoms with van der Waals surface area (Å²) < 4.78 is 0. The summed E-state index contributed by atoms with van der Waals surface area (Å²) in [5.41, 5.74) is 2.35. The normalized spacial score (nSPS) is 9.62. The Bertz CT molecular complexity index is 266. The molecule has 70 valence electrons. The van der Waals surface area contributed by atoms with Gasteiger partial charge in [0.15, 0.2) is 0 Å². The Morgan fingerprint density at radius 2 is 2.31 bits per heavy atom. The summed E-state index contributed by atoms with van der Waals surface area (Å²) in [6.45, 7) is 6.99. The maximum atomic E-state index is 3.74.